The molecule has 1 aromatic rings. The van der Waals surface area contributed by atoms with E-state index in [2.05, 4.69) is 21.5 Å². The van der Waals surface area contributed by atoms with E-state index in [1.165, 1.54) is 25.7 Å². The topological polar surface area (TPSA) is 37.8 Å². The summed E-state index contributed by atoms with van der Waals surface area (Å²) >= 11 is 1.99. The van der Waals surface area contributed by atoms with Crippen LogP contribution in [-0.4, -0.2) is 27.5 Å². The van der Waals surface area contributed by atoms with E-state index >= 15 is 0 Å². The molecule has 2 atom stereocenters. The molecule has 3 nitrogen and oxygen atoms in total. The first-order valence-electron chi connectivity index (χ1n) is 5.92. The third-order valence-electron chi connectivity index (χ3n) is 3.15. The second-order valence-corrected chi connectivity index (χ2v) is 5.29. The quantitative estimate of drug-likeness (QED) is 0.871. The number of thioether (sulfide) groups is 1. The average molecular weight is 237 g/mol. The summed E-state index contributed by atoms with van der Waals surface area (Å²) < 4.78 is 0. The van der Waals surface area contributed by atoms with E-state index < -0.39 is 0 Å². The van der Waals surface area contributed by atoms with Crippen molar-refractivity contribution in [3.05, 3.63) is 24.3 Å². The van der Waals surface area contributed by atoms with Crippen LogP contribution >= 0.6 is 11.8 Å². The van der Waals surface area contributed by atoms with Crippen LogP contribution in [0.1, 0.15) is 31.5 Å². The fraction of sp³-hybridized carbons (Fsp3) is 0.667. The van der Waals surface area contributed by atoms with E-state index in [1.54, 1.807) is 12.4 Å². The van der Waals surface area contributed by atoms with E-state index in [0.717, 1.165) is 17.6 Å². The molecule has 0 saturated heterocycles. The summed E-state index contributed by atoms with van der Waals surface area (Å²) in [5.74, 6) is 0.896. The lowest BCUT2D eigenvalue weighted by atomic mass is 9.95. The van der Waals surface area contributed by atoms with Gasteiger partial charge in [0.15, 0.2) is 0 Å². The maximum absolute atomic E-state index is 4.23. The second kappa shape index (κ2) is 6.21. The van der Waals surface area contributed by atoms with E-state index in [4.69, 9.17) is 0 Å². The van der Waals surface area contributed by atoms with Crippen molar-refractivity contribution < 1.29 is 0 Å². The molecule has 2 unspecified atom stereocenters. The Hall–Kier alpha value is -0.610. The van der Waals surface area contributed by atoms with Gasteiger partial charge in [-0.1, -0.05) is 12.8 Å². The summed E-state index contributed by atoms with van der Waals surface area (Å²) in [5.41, 5.74) is 0. The first-order valence-corrected chi connectivity index (χ1v) is 7.21. The summed E-state index contributed by atoms with van der Waals surface area (Å²) in [6, 6.07) is 2.49. The van der Waals surface area contributed by atoms with Gasteiger partial charge >= 0.3 is 0 Å². The van der Waals surface area contributed by atoms with Crippen LogP contribution in [0.2, 0.25) is 0 Å². The van der Waals surface area contributed by atoms with Crippen molar-refractivity contribution in [1.29, 1.82) is 0 Å². The van der Waals surface area contributed by atoms with Crippen molar-refractivity contribution in [2.45, 2.75) is 43.5 Å². The molecule has 1 aliphatic rings. The number of aromatic nitrogens is 2. The van der Waals surface area contributed by atoms with Gasteiger partial charge in [0.1, 0.15) is 5.82 Å². The number of nitrogens with zero attached hydrogens (tertiary/aromatic N) is 2. The lowest BCUT2D eigenvalue weighted by Gasteiger charge is -2.30. The van der Waals surface area contributed by atoms with Gasteiger partial charge in [0.2, 0.25) is 0 Å². The Morgan fingerprint density at radius 2 is 2.06 bits per heavy atom. The fourth-order valence-electron chi connectivity index (χ4n) is 2.26. The first kappa shape index (κ1) is 11.9. The Morgan fingerprint density at radius 3 is 2.81 bits per heavy atom. The van der Waals surface area contributed by atoms with Gasteiger partial charge in [-0.2, -0.15) is 11.8 Å². The maximum atomic E-state index is 4.23. The third-order valence-corrected chi connectivity index (χ3v) is 4.32. The van der Waals surface area contributed by atoms with E-state index in [1.807, 2.05) is 17.8 Å². The average Bonchev–Trinajstić information content (AvgIpc) is 2.38. The monoisotopic (exact) mass is 237 g/mol. The molecule has 2 rings (SSSR count). The minimum absolute atomic E-state index is 0.632. The van der Waals surface area contributed by atoms with Crippen molar-refractivity contribution in [3.63, 3.8) is 0 Å². The van der Waals surface area contributed by atoms with E-state index in [-0.39, 0.29) is 0 Å². The van der Waals surface area contributed by atoms with Crippen LogP contribution in [0.5, 0.6) is 0 Å². The summed E-state index contributed by atoms with van der Waals surface area (Å²) in [6.45, 7) is 0.794. The van der Waals surface area contributed by atoms with Crippen LogP contribution in [0.25, 0.3) is 0 Å². The van der Waals surface area contributed by atoms with Crippen LogP contribution in [-0.2, 0) is 6.54 Å². The van der Waals surface area contributed by atoms with Gasteiger partial charge in [-0.25, -0.2) is 9.97 Å². The lowest BCUT2D eigenvalue weighted by molar-refractivity contribution is 0.380. The minimum atomic E-state index is 0.632. The van der Waals surface area contributed by atoms with Gasteiger partial charge in [0, 0.05) is 23.7 Å². The Labute approximate surface area is 101 Å². The van der Waals surface area contributed by atoms with Crippen molar-refractivity contribution in [1.82, 2.24) is 15.3 Å². The Balaban J connectivity index is 1.84. The van der Waals surface area contributed by atoms with Crippen LogP contribution in [0.4, 0.5) is 0 Å². The van der Waals surface area contributed by atoms with Crippen molar-refractivity contribution in [2.24, 2.45) is 0 Å². The first-order chi connectivity index (χ1) is 7.90. The molecule has 4 heteroatoms. The highest BCUT2D eigenvalue weighted by molar-refractivity contribution is 7.99. The molecule has 1 fully saturated rings. The second-order valence-electron chi connectivity index (χ2n) is 4.21. The molecule has 1 aromatic heterocycles. The lowest BCUT2D eigenvalue weighted by Crippen LogP contribution is -2.40. The fourth-order valence-corrected chi connectivity index (χ4v) is 3.22. The Morgan fingerprint density at radius 1 is 1.31 bits per heavy atom. The molecular formula is C12H19N3S. The minimum Gasteiger partial charge on any atom is -0.306 e. The summed E-state index contributed by atoms with van der Waals surface area (Å²) in [7, 11) is 0. The van der Waals surface area contributed by atoms with Gasteiger partial charge in [-0.3, -0.25) is 0 Å². The molecule has 16 heavy (non-hydrogen) atoms. The molecule has 88 valence electrons. The highest BCUT2D eigenvalue weighted by Gasteiger charge is 2.23. The van der Waals surface area contributed by atoms with Crippen LogP contribution in [0.3, 0.4) is 0 Å². The smallest absolute Gasteiger partial charge is 0.141 e. The molecule has 0 aliphatic heterocycles. The number of hydrogen-bond acceptors (Lipinski definition) is 4. The van der Waals surface area contributed by atoms with Crippen LogP contribution in [0, 0.1) is 0 Å². The summed E-state index contributed by atoms with van der Waals surface area (Å²) in [6.07, 6.45) is 11.2. The SMILES string of the molecule is CSC1CCCCC1NCc1ncccn1. The molecule has 0 spiro atoms. The number of hydrogen-bond donors (Lipinski definition) is 1. The van der Waals surface area contributed by atoms with Gasteiger partial charge in [-0.05, 0) is 25.2 Å². The number of rotatable bonds is 4. The van der Waals surface area contributed by atoms with Gasteiger partial charge in [0.25, 0.3) is 0 Å². The zero-order valence-electron chi connectivity index (χ0n) is 9.72. The van der Waals surface area contributed by atoms with E-state index in [9.17, 15) is 0 Å². The standard InChI is InChI=1S/C12H19N3S/c1-16-11-6-3-2-5-10(11)15-9-12-13-7-4-8-14-12/h4,7-8,10-11,15H,2-3,5-6,9H2,1H3. The summed E-state index contributed by atoms with van der Waals surface area (Å²) in [5, 5.41) is 4.35. The molecule has 0 radical (unpaired) electrons. The van der Waals surface area contributed by atoms with Gasteiger partial charge in [-0.15, -0.1) is 0 Å². The van der Waals surface area contributed by atoms with Crippen molar-refractivity contribution in [3.8, 4) is 0 Å². The maximum Gasteiger partial charge on any atom is 0.141 e. The Bertz CT molecular complexity index is 304. The molecule has 1 saturated carbocycles. The molecule has 1 aliphatic carbocycles. The number of nitrogens with one attached hydrogen (secondary N) is 1. The molecular weight excluding hydrogens is 218 g/mol. The molecule has 1 heterocycles. The van der Waals surface area contributed by atoms with Crippen molar-refractivity contribution >= 4 is 11.8 Å². The molecule has 0 amide bonds. The summed E-state index contributed by atoms with van der Waals surface area (Å²) in [4.78, 5) is 8.47. The van der Waals surface area contributed by atoms with Crippen LogP contribution < -0.4 is 5.32 Å². The van der Waals surface area contributed by atoms with E-state index in [0.29, 0.717) is 6.04 Å². The van der Waals surface area contributed by atoms with Gasteiger partial charge < -0.3 is 5.32 Å². The molecule has 0 bridgehead atoms. The largest absolute Gasteiger partial charge is 0.306 e. The predicted molar refractivity (Wildman–Crippen MR) is 68.4 cm³/mol. The van der Waals surface area contributed by atoms with Crippen molar-refractivity contribution in [2.75, 3.05) is 6.26 Å². The highest BCUT2D eigenvalue weighted by Crippen LogP contribution is 2.27. The third kappa shape index (κ3) is 3.19. The normalized spacial score (nSPS) is 25.6. The molecule has 1 N–H and O–H groups in total. The zero-order chi connectivity index (χ0) is 11.2. The zero-order valence-corrected chi connectivity index (χ0v) is 10.5. The predicted octanol–water partition coefficient (Wildman–Crippen LogP) is 2.24. The van der Waals surface area contributed by atoms with Crippen LogP contribution in [0.15, 0.2) is 18.5 Å². The Kier molecular flexibility index (Phi) is 4.60. The highest BCUT2D eigenvalue weighted by atomic mass is 32.2. The van der Waals surface area contributed by atoms with Gasteiger partial charge in [0.05, 0.1) is 6.54 Å². The molecule has 0 aromatic carbocycles.